The molecule has 0 bridgehead atoms. The van der Waals surface area contributed by atoms with Gasteiger partial charge in [0.15, 0.2) is 5.58 Å². The fourth-order valence-electron chi connectivity index (χ4n) is 2.07. The second-order valence-electron chi connectivity index (χ2n) is 4.13. The van der Waals surface area contributed by atoms with Gasteiger partial charge in [-0.3, -0.25) is 0 Å². The van der Waals surface area contributed by atoms with E-state index in [0.29, 0.717) is 10.6 Å². The summed E-state index contributed by atoms with van der Waals surface area (Å²) >= 11 is 5.98. The molecule has 2 aromatic rings. The van der Waals surface area contributed by atoms with E-state index in [0.717, 1.165) is 23.3 Å². The van der Waals surface area contributed by atoms with E-state index in [2.05, 4.69) is 5.32 Å². The lowest BCUT2D eigenvalue weighted by atomic mass is 10.1. The summed E-state index contributed by atoms with van der Waals surface area (Å²) in [5, 5.41) is 4.33. The molecule has 1 heterocycles. The maximum Gasteiger partial charge on any atom is 0.153 e. The van der Waals surface area contributed by atoms with Crippen molar-refractivity contribution < 1.29 is 8.81 Å². The highest BCUT2D eigenvalue weighted by atomic mass is 35.5. The third-order valence-corrected chi connectivity index (χ3v) is 3.18. The molecule has 17 heavy (non-hydrogen) atoms. The molecule has 1 atom stereocenters. The van der Waals surface area contributed by atoms with Gasteiger partial charge in [-0.25, -0.2) is 4.39 Å². The van der Waals surface area contributed by atoms with Crippen molar-refractivity contribution in [3.8, 4) is 0 Å². The number of hydrogen-bond donors (Lipinski definition) is 1. The molecule has 0 saturated heterocycles. The highest BCUT2D eigenvalue weighted by molar-refractivity contribution is 6.34. The lowest BCUT2D eigenvalue weighted by Gasteiger charge is -2.09. The maximum absolute atomic E-state index is 13.3. The summed E-state index contributed by atoms with van der Waals surface area (Å²) in [7, 11) is 0. The molecule has 0 aliphatic heterocycles. The van der Waals surface area contributed by atoms with Crippen LogP contribution in [0, 0.1) is 12.7 Å². The molecular weight excluding hydrogens is 241 g/mol. The lowest BCUT2D eigenvalue weighted by Crippen LogP contribution is -2.17. The van der Waals surface area contributed by atoms with Crippen LogP contribution in [-0.2, 0) is 0 Å². The normalized spacial score (nSPS) is 13.2. The molecule has 0 radical (unpaired) electrons. The van der Waals surface area contributed by atoms with Gasteiger partial charge in [0, 0.05) is 10.9 Å². The quantitative estimate of drug-likeness (QED) is 0.889. The van der Waals surface area contributed by atoms with Crippen LogP contribution in [0.15, 0.2) is 16.5 Å². The van der Waals surface area contributed by atoms with Crippen LogP contribution in [0.3, 0.4) is 0 Å². The molecule has 1 aromatic heterocycles. The molecule has 1 N–H and O–H groups in total. The van der Waals surface area contributed by atoms with Crippen LogP contribution in [0.1, 0.15) is 31.2 Å². The first-order chi connectivity index (χ1) is 8.04. The van der Waals surface area contributed by atoms with Gasteiger partial charge in [-0.15, -0.1) is 0 Å². The lowest BCUT2D eigenvalue weighted by molar-refractivity contribution is 0.456. The van der Waals surface area contributed by atoms with E-state index >= 15 is 0 Å². The van der Waals surface area contributed by atoms with Gasteiger partial charge in [0.25, 0.3) is 0 Å². The molecule has 1 unspecified atom stereocenters. The summed E-state index contributed by atoms with van der Waals surface area (Å²) in [4.78, 5) is 0. The van der Waals surface area contributed by atoms with E-state index in [1.807, 2.05) is 20.8 Å². The molecule has 0 amide bonds. The van der Waals surface area contributed by atoms with Gasteiger partial charge in [0.1, 0.15) is 11.6 Å². The predicted octanol–water partition coefficient (Wildman–Crippen LogP) is 4.20. The number of rotatable bonds is 3. The summed E-state index contributed by atoms with van der Waals surface area (Å²) in [6.45, 7) is 6.81. The van der Waals surface area contributed by atoms with Crippen LogP contribution in [0.25, 0.3) is 11.0 Å². The smallest absolute Gasteiger partial charge is 0.153 e. The Bertz CT molecular complexity index is 550. The van der Waals surface area contributed by atoms with Crippen molar-refractivity contribution in [2.75, 3.05) is 6.54 Å². The Morgan fingerprint density at radius 2 is 2.18 bits per heavy atom. The number of fused-ring (bicyclic) bond motifs is 1. The van der Waals surface area contributed by atoms with Gasteiger partial charge < -0.3 is 9.73 Å². The molecule has 0 aliphatic carbocycles. The summed E-state index contributed by atoms with van der Waals surface area (Å²) in [5.74, 6) is 0.475. The second-order valence-corrected chi connectivity index (χ2v) is 4.54. The predicted molar refractivity (Wildman–Crippen MR) is 68.0 cm³/mol. The Morgan fingerprint density at radius 1 is 1.47 bits per heavy atom. The monoisotopic (exact) mass is 255 g/mol. The van der Waals surface area contributed by atoms with Crippen molar-refractivity contribution in [2.45, 2.75) is 26.8 Å². The van der Waals surface area contributed by atoms with E-state index in [1.54, 1.807) is 0 Å². The van der Waals surface area contributed by atoms with Gasteiger partial charge in [-0.1, -0.05) is 18.5 Å². The van der Waals surface area contributed by atoms with Crippen LogP contribution in [0.4, 0.5) is 4.39 Å². The fraction of sp³-hybridized carbons (Fsp3) is 0.385. The zero-order valence-corrected chi connectivity index (χ0v) is 10.9. The summed E-state index contributed by atoms with van der Waals surface area (Å²) < 4.78 is 19.0. The van der Waals surface area contributed by atoms with E-state index in [9.17, 15) is 4.39 Å². The van der Waals surface area contributed by atoms with E-state index in [1.165, 1.54) is 12.1 Å². The zero-order chi connectivity index (χ0) is 12.6. The molecule has 2 rings (SSSR count). The summed E-state index contributed by atoms with van der Waals surface area (Å²) in [5.41, 5.74) is 1.50. The van der Waals surface area contributed by atoms with Gasteiger partial charge in [0.2, 0.25) is 0 Å². The number of halogens is 2. The topological polar surface area (TPSA) is 25.2 Å². The van der Waals surface area contributed by atoms with Crippen molar-refractivity contribution in [2.24, 2.45) is 0 Å². The van der Waals surface area contributed by atoms with Crippen molar-refractivity contribution in [1.82, 2.24) is 5.32 Å². The number of nitrogens with one attached hydrogen (secondary N) is 1. The van der Waals surface area contributed by atoms with Crippen LogP contribution < -0.4 is 5.32 Å². The molecule has 0 fully saturated rings. The Hall–Kier alpha value is -1.06. The maximum atomic E-state index is 13.3. The largest absolute Gasteiger partial charge is 0.458 e. The van der Waals surface area contributed by atoms with Crippen LogP contribution >= 0.6 is 11.6 Å². The molecule has 2 nitrogen and oxygen atoms in total. The van der Waals surface area contributed by atoms with E-state index in [-0.39, 0.29) is 11.9 Å². The molecule has 1 aromatic carbocycles. The van der Waals surface area contributed by atoms with Gasteiger partial charge in [-0.05, 0) is 32.5 Å². The summed E-state index contributed by atoms with van der Waals surface area (Å²) in [6, 6.07) is 2.82. The fourth-order valence-corrected chi connectivity index (χ4v) is 2.32. The van der Waals surface area contributed by atoms with Crippen molar-refractivity contribution >= 4 is 22.6 Å². The highest BCUT2D eigenvalue weighted by Gasteiger charge is 2.18. The first-order valence-electron chi connectivity index (χ1n) is 5.66. The molecule has 0 spiro atoms. The molecule has 0 saturated carbocycles. The van der Waals surface area contributed by atoms with Gasteiger partial charge in [-0.2, -0.15) is 0 Å². The summed E-state index contributed by atoms with van der Waals surface area (Å²) in [6.07, 6.45) is 0. The van der Waals surface area contributed by atoms with E-state index in [4.69, 9.17) is 16.0 Å². The Kier molecular flexibility index (Phi) is 3.40. The first-order valence-corrected chi connectivity index (χ1v) is 6.03. The van der Waals surface area contributed by atoms with Crippen molar-refractivity contribution in [3.05, 3.63) is 34.3 Å². The minimum absolute atomic E-state index is 0.0894. The number of aryl methyl sites for hydroxylation is 1. The van der Waals surface area contributed by atoms with Crippen molar-refractivity contribution in [1.29, 1.82) is 0 Å². The Balaban J connectivity index is 2.60. The SMILES string of the molecule is CCNC(C)c1oc2c(Cl)cc(F)cc2c1C. The third-order valence-electron chi connectivity index (χ3n) is 2.90. The Labute approximate surface area is 105 Å². The van der Waals surface area contributed by atoms with Gasteiger partial charge in [0.05, 0.1) is 11.1 Å². The first kappa shape index (κ1) is 12.4. The average Bonchev–Trinajstić information content (AvgIpc) is 2.57. The standard InChI is InChI=1S/C13H15ClFNO/c1-4-16-8(3)12-7(2)10-5-9(15)6-11(14)13(10)17-12/h5-6,8,16H,4H2,1-3H3. The van der Waals surface area contributed by atoms with Gasteiger partial charge >= 0.3 is 0 Å². The minimum Gasteiger partial charge on any atom is -0.458 e. The molecular formula is C13H15ClFNO. The van der Waals surface area contributed by atoms with Crippen molar-refractivity contribution in [3.63, 3.8) is 0 Å². The van der Waals surface area contributed by atoms with Crippen LogP contribution in [0.5, 0.6) is 0 Å². The minimum atomic E-state index is -0.339. The molecule has 0 aliphatic rings. The zero-order valence-electron chi connectivity index (χ0n) is 10.1. The van der Waals surface area contributed by atoms with Crippen LogP contribution in [-0.4, -0.2) is 6.54 Å². The second kappa shape index (κ2) is 4.67. The van der Waals surface area contributed by atoms with Crippen LogP contribution in [0.2, 0.25) is 5.02 Å². The number of furan rings is 1. The molecule has 4 heteroatoms. The average molecular weight is 256 g/mol. The highest BCUT2D eigenvalue weighted by Crippen LogP contribution is 2.34. The third kappa shape index (κ3) is 2.17. The number of hydrogen-bond acceptors (Lipinski definition) is 2. The molecule has 92 valence electrons. The number of benzene rings is 1. The Morgan fingerprint density at radius 3 is 2.82 bits per heavy atom. The van der Waals surface area contributed by atoms with E-state index < -0.39 is 0 Å².